The Morgan fingerprint density at radius 1 is 1.13 bits per heavy atom. The monoisotopic (exact) mass is 312 g/mol. The quantitative estimate of drug-likeness (QED) is 0.442. The molecule has 2 aromatic carbocycles. The number of carbonyl (C=O) groups excluding carboxylic acids is 1. The van der Waals surface area contributed by atoms with Crippen LogP contribution >= 0.6 is 0 Å². The van der Waals surface area contributed by atoms with Gasteiger partial charge in [0, 0.05) is 18.2 Å². The minimum absolute atomic E-state index is 0.0609. The molecular formula is C19H20O4. The Labute approximate surface area is 136 Å². The molecule has 0 aliphatic rings. The fraction of sp³-hybridized carbons (Fsp3) is 0.211. The van der Waals surface area contributed by atoms with E-state index in [1.165, 1.54) is 6.08 Å². The van der Waals surface area contributed by atoms with Crippen molar-refractivity contribution in [2.45, 2.75) is 6.92 Å². The zero-order valence-electron chi connectivity index (χ0n) is 13.5. The van der Waals surface area contributed by atoms with Gasteiger partial charge in [-0.1, -0.05) is 35.9 Å². The van der Waals surface area contributed by atoms with Crippen LogP contribution in [0.15, 0.2) is 48.5 Å². The van der Waals surface area contributed by atoms with E-state index in [0.717, 1.165) is 11.1 Å². The van der Waals surface area contributed by atoms with Crippen molar-refractivity contribution in [2.24, 2.45) is 0 Å². The van der Waals surface area contributed by atoms with Crippen LogP contribution in [0.3, 0.4) is 0 Å². The maximum absolute atomic E-state index is 12.3. The van der Waals surface area contributed by atoms with Crippen LogP contribution in [-0.2, 0) is 4.74 Å². The summed E-state index contributed by atoms with van der Waals surface area (Å²) in [5, 5.41) is 0. The Kier molecular flexibility index (Phi) is 5.94. The standard InChI is InChI=1S/C19H20O4/c1-14-6-4-8-16(12-14)17(20)11-10-15-7-5-9-18(22-3)19(15)23-13-21-2/h4-12H,13H2,1-3H3. The van der Waals surface area contributed by atoms with Gasteiger partial charge in [-0.3, -0.25) is 4.79 Å². The zero-order valence-corrected chi connectivity index (χ0v) is 13.5. The van der Waals surface area contributed by atoms with E-state index in [1.54, 1.807) is 32.4 Å². The Bertz CT molecular complexity index is 704. The molecule has 0 spiro atoms. The molecule has 0 radical (unpaired) electrons. The van der Waals surface area contributed by atoms with Crippen LogP contribution in [0, 0.1) is 6.92 Å². The van der Waals surface area contributed by atoms with E-state index in [0.29, 0.717) is 17.1 Å². The van der Waals surface area contributed by atoms with Crippen molar-refractivity contribution in [2.75, 3.05) is 21.0 Å². The van der Waals surface area contributed by atoms with E-state index < -0.39 is 0 Å². The molecule has 120 valence electrons. The number of hydrogen-bond acceptors (Lipinski definition) is 4. The Balaban J connectivity index is 2.26. The predicted molar refractivity (Wildman–Crippen MR) is 90.0 cm³/mol. The number of para-hydroxylation sites is 1. The van der Waals surface area contributed by atoms with Gasteiger partial charge < -0.3 is 14.2 Å². The van der Waals surface area contributed by atoms with Crippen LogP contribution in [0.2, 0.25) is 0 Å². The number of benzene rings is 2. The minimum Gasteiger partial charge on any atom is -0.493 e. The second-order valence-electron chi connectivity index (χ2n) is 5.00. The number of ketones is 1. The topological polar surface area (TPSA) is 44.8 Å². The summed E-state index contributed by atoms with van der Waals surface area (Å²) < 4.78 is 15.8. The molecule has 2 rings (SSSR count). The van der Waals surface area contributed by atoms with E-state index in [2.05, 4.69) is 0 Å². The second kappa shape index (κ2) is 8.15. The van der Waals surface area contributed by atoms with Gasteiger partial charge in [-0.05, 0) is 31.2 Å². The summed E-state index contributed by atoms with van der Waals surface area (Å²) in [6.07, 6.45) is 3.25. The third-order valence-corrected chi connectivity index (χ3v) is 3.27. The number of allylic oxidation sites excluding steroid dienone is 1. The minimum atomic E-state index is -0.0609. The summed E-state index contributed by atoms with van der Waals surface area (Å²) in [5.41, 5.74) is 2.46. The van der Waals surface area contributed by atoms with E-state index in [4.69, 9.17) is 14.2 Å². The normalized spacial score (nSPS) is 10.7. The molecule has 0 saturated heterocycles. The zero-order chi connectivity index (χ0) is 16.7. The van der Waals surface area contributed by atoms with Gasteiger partial charge in [0.25, 0.3) is 0 Å². The van der Waals surface area contributed by atoms with Crippen molar-refractivity contribution in [3.8, 4) is 11.5 Å². The molecule has 0 aliphatic heterocycles. The molecule has 4 heteroatoms. The molecule has 0 aliphatic carbocycles. The van der Waals surface area contributed by atoms with Gasteiger partial charge in [0.15, 0.2) is 24.1 Å². The largest absolute Gasteiger partial charge is 0.493 e. The van der Waals surface area contributed by atoms with Crippen LogP contribution in [0.1, 0.15) is 21.5 Å². The molecule has 0 unspecified atom stereocenters. The molecule has 0 heterocycles. The number of hydrogen-bond donors (Lipinski definition) is 0. The van der Waals surface area contributed by atoms with Crippen molar-refractivity contribution < 1.29 is 19.0 Å². The fourth-order valence-electron chi connectivity index (χ4n) is 2.16. The number of methoxy groups -OCH3 is 2. The summed E-state index contributed by atoms with van der Waals surface area (Å²) >= 11 is 0. The third kappa shape index (κ3) is 4.44. The van der Waals surface area contributed by atoms with Crippen LogP contribution in [0.4, 0.5) is 0 Å². The highest BCUT2D eigenvalue weighted by Gasteiger charge is 2.09. The first kappa shape index (κ1) is 16.8. The fourth-order valence-corrected chi connectivity index (χ4v) is 2.16. The van der Waals surface area contributed by atoms with Gasteiger partial charge >= 0.3 is 0 Å². The van der Waals surface area contributed by atoms with E-state index in [9.17, 15) is 4.79 Å². The maximum atomic E-state index is 12.3. The first-order valence-electron chi connectivity index (χ1n) is 7.23. The van der Waals surface area contributed by atoms with Crippen molar-refractivity contribution in [1.82, 2.24) is 0 Å². The van der Waals surface area contributed by atoms with Crippen LogP contribution in [-0.4, -0.2) is 26.8 Å². The summed E-state index contributed by atoms with van der Waals surface area (Å²) in [5.74, 6) is 1.08. The van der Waals surface area contributed by atoms with Gasteiger partial charge in [0.1, 0.15) is 0 Å². The molecule has 0 bridgehead atoms. The average Bonchev–Trinajstić information content (AvgIpc) is 2.57. The van der Waals surface area contributed by atoms with Crippen molar-refractivity contribution in [1.29, 1.82) is 0 Å². The lowest BCUT2D eigenvalue weighted by atomic mass is 10.1. The van der Waals surface area contributed by atoms with Crippen LogP contribution in [0.5, 0.6) is 11.5 Å². The molecule has 0 N–H and O–H groups in total. The molecule has 0 saturated carbocycles. The molecule has 0 atom stereocenters. The highest BCUT2D eigenvalue weighted by molar-refractivity contribution is 6.07. The number of ether oxygens (including phenoxy) is 3. The van der Waals surface area contributed by atoms with E-state index in [1.807, 2.05) is 37.3 Å². The lowest BCUT2D eigenvalue weighted by Gasteiger charge is -2.12. The van der Waals surface area contributed by atoms with Crippen molar-refractivity contribution in [3.05, 3.63) is 65.2 Å². The average molecular weight is 312 g/mol. The highest BCUT2D eigenvalue weighted by Crippen LogP contribution is 2.32. The first-order chi connectivity index (χ1) is 11.2. The van der Waals surface area contributed by atoms with Gasteiger partial charge in [-0.15, -0.1) is 0 Å². The number of rotatable bonds is 7. The first-order valence-corrected chi connectivity index (χ1v) is 7.23. The van der Waals surface area contributed by atoms with E-state index in [-0.39, 0.29) is 12.6 Å². The van der Waals surface area contributed by atoms with Crippen molar-refractivity contribution >= 4 is 11.9 Å². The lowest BCUT2D eigenvalue weighted by Crippen LogP contribution is -2.02. The Morgan fingerprint density at radius 2 is 1.91 bits per heavy atom. The summed E-state index contributed by atoms with van der Waals surface area (Å²) in [4.78, 5) is 12.3. The van der Waals surface area contributed by atoms with Gasteiger partial charge in [-0.25, -0.2) is 0 Å². The highest BCUT2D eigenvalue weighted by atomic mass is 16.7. The predicted octanol–water partition coefficient (Wildman–Crippen LogP) is 3.88. The van der Waals surface area contributed by atoms with Crippen LogP contribution < -0.4 is 9.47 Å². The Hall–Kier alpha value is -2.59. The van der Waals surface area contributed by atoms with Gasteiger partial charge in [0.2, 0.25) is 0 Å². The summed E-state index contributed by atoms with van der Waals surface area (Å²) in [7, 11) is 3.12. The SMILES string of the molecule is COCOc1c(C=CC(=O)c2cccc(C)c2)cccc1OC. The molecule has 4 nitrogen and oxygen atoms in total. The number of aryl methyl sites for hydroxylation is 1. The maximum Gasteiger partial charge on any atom is 0.188 e. The smallest absolute Gasteiger partial charge is 0.188 e. The van der Waals surface area contributed by atoms with Gasteiger partial charge in [-0.2, -0.15) is 0 Å². The molecule has 0 aromatic heterocycles. The molecule has 2 aromatic rings. The van der Waals surface area contributed by atoms with E-state index >= 15 is 0 Å². The molecule has 23 heavy (non-hydrogen) atoms. The lowest BCUT2D eigenvalue weighted by molar-refractivity contribution is 0.0490. The summed E-state index contributed by atoms with van der Waals surface area (Å²) in [6.45, 7) is 2.06. The molecule has 0 fully saturated rings. The number of carbonyl (C=O) groups is 1. The summed E-state index contributed by atoms with van der Waals surface area (Å²) in [6, 6.07) is 13.0. The Morgan fingerprint density at radius 3 is 2.61 bits per heavy atom. The molecule has 0 amide bonds. The van der Waals surface area contributed by atoms with Gasteiger partial charge in [0.05, 0.1) is 7.11 Å². The van der Waals surface area contributed by atoms with Crippen LogP contribution in [0.25, 0.3) is 6.08 Å². The second-order valence-corrected chi connectivity index (χ2v) is 5.00. The molecular weight excluding hydrogens is 292 g/mol. The van der Waals surface area contributed by atoms with Crippen molar-refractivity contribution in [3.63, 3.8) is 0 Å². The third-order valence-electron chi connectivity index (χ3n) is 3.27.